The number of ketones is 1. The van der Waals surface area contributed by atoms with E-state index in [-0.39, 0.29) is 18.5 Å². The Labute approximate surface area is 164 Å². The summed E-state index contributed by atoms with van der Waals surface area (Å²) in [6.07, 6.45) is 6.48. The number of Topliss-reactive ketones (excluding diaryl/α,β-unsaturated/α-hetero) is 1. The van der Waals surface area contributed by atoms with Crippen LogP contribution in [0.2, 0.25) is 0 Å². The molecule has 27 heavy (non-hydrogen) atoms. The summed E-state index contributed by atoms with van der Waals surface area (Å²) >= 11 is 0. The van der Waals surface area contributed by atoms with Crippen LogP contribution in [-0.4, -0.2) is 71.3 Å². The third kappa shape index (κ3) is 15.8. The Hall–Kier alpha value is -0.970. The van der Waals surface area contributed by atoms with Gasteiger partial charge in [0.1, 0.15) is 12.7 Å². The van der Waals surface area contributed by atoms with E-state index >= 15 is 0 Å². The van der Waals surface area contributed by atoms with Crippen LogP contribution in [0.4, 0.5) is 0 Å². The van der Waals surface area contributed by atoms with Crippen LogP contribution in [0.15, 0.2) is 0 Å². The maximum Gasteiger partial charge on any atom is 0.158 e. The van der Waals surface area contributed by atoms with Crippen molar-refractivity contribution < 1.29 is 28.5 Å². The van der Waals surface area contributed by atoms with E-state index in [0.29, 0.717) is 65.7 Å². The van der Waals surface area contributed by atoms with Gasteiger partial charge in [0, 0.05) is 26.1 Å². The zero-order chi connectivity index (χ0) is 19.4. The minimum Gasteiger partial charge on any atom is -0.379 e. The molecule has 0 aromatic heterocycles. The van der Waals surface area contributed by atoms with Crippen molar-refractivity contribution in [3.8, 4) is 11.8 Å². The van der Waals surface area contributed by atoms with Crippen molar-refractivity contribution in [3.63, 3.8) is 0 Å². The van der Waals surface area contributed by atoms with Crippen molar-refractivity contribution in [3.05, 3.63) is 0 Å². The molecule has 1 atom stereocenters. The molecule has 0 bridgehead atoms. The Bertz CT molecular complexity index is 415. The molecule has 0 fully saturated rings. The van der Waals surface area contributed by atoms with E-state index in [0.717, 1.165) is 19.3 Å². The van der Waals surface area contributed by atoms with Crippen molar-refractivity contribution in [2.45, 2.75) is 58.0 Å². The summed E-state index contributed by atoms with van der Waals surface area (Å²) in [5, 5.41) is 0. The number of carbonyl (C=O) groups is 1. The maximum atomic E-state index is 11.9. The molecular weight excluding hydrogens is 348 g/mol. The Morgan fingerprint density at radius 3 is 2.26 bits per heavy atom. The summed E-state index contributed by atoms with van der Waals surface area (Å²) < 4.78 is 27.0. The van der Waals surface area contributed by atoms with Crippen LogP contribution >= 0.6 is 0 Å². The van der Waals surface area contributed by atoms with E-state index in [4.69, 9.17) is 23.7 Å². The van der Waals surface area contributed by atoms with Crippen LogP contribution in [0.25, 0.3) is 0 Å². The SMILES string of the molecule is CCOCCOCCOCCOCCCC(=O)COC1C#CCCCCC1. The van der Waals surface area contributed by atoms with E-state index in [1.165, 1.54) is 12.8 Å². The van der Waals surface area contributed by atoms with E-state index in [1.54, 1.807) is 0 Å². The smallest absolute Gasteiger partial charge is 0.158 e. The predicted molar refractivity (Wildman–Crippen MR) is 104 cm³/mol. The molecule has 6 nitrogen and oxygen atoms in total. The molecule has 1 aliphatic rings. The number of hydrogen-bond acceptors (Lipinski definition) is 6. The second kappa shape index (κ2) is 18.4. The molecule has 1 rings (SSSR count). The highest BCUT2D eigenvalue weighted by Crippen LogP contribution is 2.11. The van der Waals surface area contributed by atoms with Gasteiger partial charge in [0.2, 0.25) is 0 Å². The highest BCUT2D eigenvalue weighted by atomic mass is 16.6. The number of hydrogen-bond donors (Lipinski definition) is 0. The fraction of sp³-hybridized carbons (Fsp3) is 0.857. The third-order valence-corrected chi connectivity index (χ3v) is 4.04. The fourth-order valence-corrected chi connectivity index (χ4v) is 2.54. The lowest BCUT2D eigenvalue weighted by Crippen LogP contribution is -2.18. The summed E-state index contributed by atoms with van der Waals surface area (Å²) in [7, 11) is 0. The van der Waals surface area contributed by atoms with Crippen LogP contribution in [0.1, 0.15) is 51.9 Å². The van der Waals surface area contributed by atoms with Crippen LogP contribution in [0.3, 0.4) is 0 Å². The molecule has 156 valence electrons. The fourth-order valence-electron chi connectivity index (χ4n) is 2.54. The molecule has 0 N–H and O–H groups in total. The first-order valence-corrected chi connectivity index (χ1v) is 10.3. The van der Waals surface area contributed by atoms with Crippen molar-refractivity contribution in [1.82, 2.24) is 0 Å². The largest absolute Gasteiger partial charge is 0.379 e. The molecule has 0 saturated carbocycles. The van der Waals surface area contributed by atoms with Crippen LogP contribution in [0, 0.1) is 11.8 Å². The number of ether oxygens (including phenoxy) is 5. The highest BCUT2D eigenvalue weighted by molar-refractivity contribution is 5.79. The third-order valence-electron chi connectivity index (χ3n) is 4.04. The minimum atomic E-state index is -0.0780. The molecule has 0 aliphatic heterocycles. The van der Waals surface area contributed by atoms with Gasteiger partial charge in [-0.25, -0.2) is 0 Å². The normalized spacial score (nSPS) is 17.0. The summed E-state index contributed by atoms with van der Waals surface area (Å²) in [6, 6.07) is 0. The zero-order valence-electron chi connectivity index (χ0n) is 16.8. The summed E-state index contributed by atoms with van der Waals surface area (Å²) in [5.74, 6) is 6.36. The minimum absolute atomic E-state index is 0.0780. The van der Waals surface area contributed by atoms with Gasteiger partial charge in [-0.3, -0.25) is 4.79 Å². The van der Waals surface area contributed by atoms with Gasteiger partial charge in [-0.1, -0.05) is 12.3 Å². The molecule has 0 heterocycles. The predicted octanol–water partition coefficient (Wildman–Crippen LogP) is 2.77. The van der Waals surface area contributed by atoms with Crippen LogP contribution in [-0.2, 0) is 28.5 Å². The first-order chi connectivity index (χ1) is 13.3. The van der Waals surface area contributed by atoms with Gasteiger partial charge in [-0.05, 0) is 32.6 Å². The van der Waals surface area contributed by atoms with Gasteiger partial charge in [0.05, 0.1) is 39.6 Å². The molecular formula is C21H36O6. The Morgan fingerprint density at radius 2 is 1.56 bits per heavy atom. The van der Waals surface area contributed by atoms with Gasteiger partial charge >= 0.3 is 0 Å². The average Bonchev–Trinajstić information content (AvgIpc) is 2.64. The standard InChI is InChI=1S/C21H36O6/c1-2-23-13-14-25-17-18-26-16-15-24-12-8-9-20(22)19-27-21-10-6-4-3-5-7-11-21/h21H,2-6,8-10,12-19H2,1H3. The molecule has 6 heteroatoms. The lowest BCUT2D eigenvalue weighted by atomic mass is 10.1. The van der Waals surface area contributed by atoms with Crippen LogP contribution < -0.4 is 0 Å². The lowest BCUT2D eigenvalue weighted by molar-refractivity contribution is -0.125. The maximum absolute atomic E-state index is 11.9. The zero-order valence-corrected chi connectivity index (χ0v) is 16.8. The van der Waals surface area contributed by atoms with E-state index in [2.05, 4.69) is 11.8 Å². The Kier molecular flexibility index (Phi) is 16.4. The van der Waals surface area contributed by atoms with E-state index in [9.17, 15) is 4.79 Å². The molecule has 0 aromatic carbocycles. The highest BCUT2D eigenvalue weighted by Gasteiger charge is 2.10. The first kappa shape index (κ1) is 24.1. The molecule has 0 saturated heterocycles. The van der Waals surface area contributed by atoms with Gasteiger partial charge in [-0.15, -0.1) is 5.92 Å². The molecule has 0 aromatic rings. The van der Waals surface area contributed by atoms with Crippen molar-refractivity contribution in [2.24, 2.45) is 0 Å². The second-order valence-corrected chi connectivity index (χ2v) is 6.40. The van der Waals surface area contributed by atoms with Gasteiger partial charge in [-0.2, -0.15) is 0 Å². The van der Waals surface area contributed by atoms with Crippen LogP contribution in [0.5, 0.6) is 0 Å². The lowest BCUT2D eigenvalue weighted by Gasteiger charge is -2.13. The topological polar surface area (TPSA) is 63.2 Å². The quantitative estimate of drug-likeness (QED) is 0.284. The molecule has 1 aliphatic carbocycles. The van der Waals surface area contributed by atoms with Crippen molar-refractivity contribution >= 4 is 5.78 Å². The molecule has 0 amide bonds. The second-order valence-electron chi connectivity index (χ2n) is 6.40. The molecule has 0 spiro atoms. The monoisotopic (exact) mass is 384 g/mol. The first-order valence-electron chi connectivity index (χ1n) is 10.3. The molecule has 1 unspecified atom stereocenters. The number of rotatable bonds is 17. The number of carbonyl (C=O) groups excluding carboxylic acids is 1. The van der Waals surface area contributed by atoms with Crippen molar-refractivity contribution in [1.29, 1.82) is 0 Å². The molecule has 0 radical (unpaired) electrons. The summed E-state index contributed by atoms with van der Waals surface area (Å²) in [4.78, 5) is 11.9. The van der Waals surface area contributed by atoms with Crippen molar-refractivity contribution in [2.75, 3.05) is 59.5 Å². The summed E-state index contributed by atoms with van der Waals surface area (Å²) in [6.45, 7) is 6.79. The van der Waals surface area contributed by atoms with E-state index < -0.39 is 0 Å². The van der Waals surface area contributed by atoms with E-state index in [1.807, 2.05) is 6.92 Å². The van der Waals surface area contributed by atoms with Gasteiger partial charge in [0.15, 0.2) is 5.78 Å². The average molecular weight is 385 g/mol. The Balaban J connectivity index is 1.84. The Morgan fingerprint density at radius 1 is 0.889 bits per heavy atom. The van der Waals surface area contributed by atoms with Gasteiger partial charge < -0.3 is 23.7 Å². The summed E-state index contributed by atoms with van der Waals surface area (Å²) in [5.41, 5.74) is 0. The van der Waals surface area contributed by atoms with Gasteiger partial charge in [0.25, 0.3) is 0 Å².